The summed E-state index contributed by atoms with van der Waals surface area (Å²) in [6.07, 6.45) is -1.81. The van der Waals surface area contributed by atoms with Crippen LogP contribution in [0.15, 0.2) is 0 Å². The van der Waals surface area contributed by atoms with Gasteiger partial charge in [-0.2, -0.15) is 6.42 Å². The van der Waals surface area contributed by atoms with Gasteiger partial charge in [-0.25, -0.2) is 0 Å². The van der Waals surface area contributed by atoms with Gasteiger partial charge in [-0.05, 0) is 0 Å². The van der Waals surface area contributed by atoms with Gasteiger partial charge >= 0.3 is 0 Å². The van der Waals surface area contributed by atoms with Gasteiger partial charge in [0.15, 0.2) is 6.29 Å². The third kappa shape index (κ3) is 6.75. The van der Waals surface area contributed by atoms with Crippen LogP contribution in [0.1, 0.15) is 13.3 Å². The van der Waals surface area contributed by atoms with Gasteiger partial charge < -0.3 is 35.7 Å². The van der Waals surface area contributed by atoms with Crippen molar-refractivity contribution in [1.29, 1.82) is 0 Å². The van der Waals surface area contributed by atoms with E-state index in [-0.39, 0.29) is 44.9 Å². The normalized spacial score (nSPS) is 32.9. The Morgan fingerprint density at radius 1 is 1.05 bits per heavy atom. The molecule has 1 N–H and O–H groups in total. The Kier molecular flexibility index (Phi) is 15.6. The van der Waals surface area contributed by atoms with Crippen molar-refractivity contribution in [1.82, 2.24) is 0 Å². The predicted molar refractivity (Wildman–Crippen MR) is 70.8 cm³/mol. The van der Waals surface area contributed by atoms with Gasteiger partial charge in [0.2, 0.25) is 0 Å². The summed E-state index contributed by atoms with van der Waals surface area (Å²) in [7, 11) is 6.10. The molecule has 119 valence electrons. The molecule has 0 aliphatic carbocycles. The van der Waals surface area contributed by atoms with E-state index in [4.69, 9.17) is 23.7 Å². The topological polar surface area (TPSA) is 66.4 Å². The van der Waals surface area contributed by atoms with Crippen molar-refractivity contribution in [2.75, 3.05) is 35.0 Å². The van der Waals surface area contributed by atoms with Gasteiger partial charge in [-0.3, -0.25) is 0 Å². The monoisotopic (exact) mass is 368 g/mol. The molecule has 2 unspecified atom stereocenters. The van der Waals surface area contributed by atoms with E-state index in [1.807, 2.05) is 6.92 Å². The van der Waals surface area contributed by atoms with Crippen LogP contribution in [0.3, 0.4) is 0 Å². The van der Waals surface area contributed by atoms with Crippen LogP contribution in [-0.4, -0.2) is 70.9 Å². The molecule has 1 aliphatic heterocycles. The molecule has 7 heteroatoms. The minimum absolute atomic E-state index is 0. The van der Waals surface area contributed by atoms with Crippen LogP contribution in [0, 0.1) is 6.92 Å². The van der Waals surface area contributed by atoms with Crippen molar-refractivity contribution in [3.63, 3.8) is 0 Å². The van der Waals surface area contributed by atoms with Crippen molar-refractivity contribution in [3.05, 3.63) is 6.92 Å². The second-order valence-corrected chi connectivity index (χ2v) is 4.13. The maximum absolute atomic E-state index is 9.92. The van der Waals surface area contributed by atoms with Gasteiger partial charge in [0.1, 0.15) is 24.4 Å². The first-order valence-electron chi connectivity index (χ1n) is 6.31. The Morgan fingerprint density at radius 2 is 1.55 bits per heavy atom. The summed E-state index contributed by atoms with van der Waals surface area (Å²) < 4.78 is 26.1. The molecular formula is C13H27O6Y-. The van der Waals surface area contributed by atoms with Crippen molar-refractivity contribution in [2.45, 2.75) is 44.1 Å². The molecule has 20 heavy (non-hydrogen) atoms. The SMILES string of the molecule is COCC1O[C@@H](OC)C(O)[C@@H](OC)[C@H]1OC.[CH2-]CC.[Y]. The minimum Gasteiger partial charge on any atom is -0.385 e. The van der Waals surface area contributed by atoms with E-state index in [9.17, 15) is 5.11 Å². The molecule has 1 aliphatic rings. The molecule has 0 spiro atoms. The Bertz CT molecular complexity index is 215. The van der Waals surface area contributed by atoms with Crippen LogP contribution in [0.25, 0.3) is 0 Å². The van der Waals surface area contributed by atoms with E-state index >= 15 is 0 Å². The molecule has 0 aromatic heterocycles. The van der Waals surface area contributed by atoms with Crippen molar-refractivity contribution >= 4 is 0 Å². The largest absolute Gasteiger partial charge is 0.385 e. The van der Waals surface area contributed by atoms with Crippen LogP contribution in [-0.2, 0) is 56.4 Å². The van der Waals surface area contributed by atoms with E-state index in [1.54, 1.807) is 14.2 Å². The fraction of sp³-hybridized carbons (Fsp3) is 0.923. The summed E-state index contributed by atoms with van der Waals surface area (Å²) in [6.45, 7) is 5.85. The van der Waals surface area contributed by atoms with Gasteiger partial charge in [0, 0.05) is 61.1 Å². The smallest absolute Gasteiger partial charge is 0.186 e. The molecule has 0 bridgehead atoms. The number of aliphatic hydroxyl groups is 1. The summed E-state index contributed by atoms with van der Waals surface area (Å²) in [5, 5.41) is 9.92. The average molecular weight is 368 g/mol. The van der Waals surface area contributed by atoms with Crippen molar-refractivity contribution < 1.29 is 61.5 Å². The maximum Gasteiger partial charge on any atom is 0.186 e. The second kappa shape index (κ2) is 13.5. The first kappa shape index (κ1) is 23.1. The number of methoxy groups -OCH3 is 4. The first-order valence-corrected chi connectivity index (χ1v) is 6.31. The fourth-order valence-electron chi connectivity index (χ4n) is 1.94. The Balaban J connectivity index is 0. The Morgan fingerprint density at radius 3 is 1.90 bits per heavy atom. The molecule has 1 radical (unpaired) electrons. The number of rotatable bonds is 5. The summed E-state index contributed by atoms with van der Waals surface area (Å²) >= 11 is 0. The zero-order valence-electron chi connectivity index (χ0n) is 13.1. The van der Waals surface area contributed by atoms with E-state index in [0.29, 0.717) is 6.61 Å². The van der Waals surface area contributed by atoms with E-state index in [1.165, 1.54) is 14.2 Å². The molecule has 6 nitrogen and oxygen atoms in total. The standard InChI is InChI=1S/C10H20O6.C3H7.Y/c1-12-5-6-8(13-2)9(14-3)7(11)10(15-4)16-6;1-3-2;/h6-11H,5H2,1-4H3;1,3H2,2H3;/q;-1;/t6?,7?,8-,9+,10+;;/m0../s1. The van der Waals surface area contributed by atoms with Crippen LogP contribution in [0.2, 0.25) is 0 Å². The molecule has 5 atom stereocenters. The number of hydrogen-bond donors (Lipinski definition) is 1. The first-order chi connectivity index (χ1) is 9.10. The summed E-state index contributed by atoms with van der Waals surface area (Å²) in [5.41, 5.74) is 0. The third-order valence-corrected chi connectivity index (χ3v) is 2.72. The van der Waals surface area contributed by atoms with Gasteiger partial charge in [-0.15, -0.1) is 0 Å². The molecule has 0 amide bonds. The van der Waals surface area contributed by atoms with Gasteiger partial charge in [0.25, 0.3) is 0 Å². The molecule has 1 saturated heterocycles. The second-order valence-electron chi connectivity index (χ2n) is 4.13. The minimum atomic E-state index is -0.881. The molecule has 0 aromatic rings. The predicted octanol–water partition coefficient (Wildman–Crippen LogP) is 0.623. The van der Waals surface area contributed by atoms with Crippen LogP contribution in [0.5, 0.6) is 0 Å². The van der Waals surface area contributed by atoms with Gasteiger partial charge in [0.05, 0.1) is 6.61 Å². The number of hydrogen-bond acceptors (Lipinski definition) is 6. The van der Waals surface area contributed by atoms with Crippen LogP contribution >= 0.6 is 0 Å². The Hall–Kier alpha value is 0.864. The molecule has 0 saturated carbocycles. The van der Waals surface area contributed by atoms with Crippen molar-refractivity contribution in [2.24, 2.45) is 0 Å². The molecular weight excluding hydrogens is 341 g/mol. The number of ether oxygens (including phenoxy) is 5. The maximum atomic E-state index is 9.92. The summed E-state index contributed by atoms with van der Waals surface area (Å²) in [6, 6.07) is 0. The number of aliphatic hydroxyl groups excluding tert-OH is 1. The third-order valence-electron chi connectivity index (χ3n) is 2.72. The fourth-order valence-corrected chi connectivity index (χ4v) is 1.94. The summed E-state index contributed by atoms with van der Waals surface area (Å²) in [5.74, 6) is 0. The van der Waals surface area contributed by atoms with E-state index in [0.717, 1.165) is 6.42 Å². The van der Waals surface area contributed by atoms with Crippen LogP contribution in [0.4, 0.5) is 0 Å². The van der Waals surface area contributed by atoms with E-state index < -0.39 is 18.5 Å². The molecule has 1 heterocycles. The molecule has 1 rings (SSSR count). The van der Waals surface area contributed by atoms with Gasteiger partial charge in [-0.1, -0.05) is 6.92 Å². The van der Waals surface area contributed by atoms with Crippen molar-refractivity contribution in [3.8, 4) is 0 Å². The zero-order chi connectivity index (χ0) is 14.8. The summed E-state index contributed by atoms with van der Waals surface area (Å²) in [4.78, 5) is 0. The quantitative estimate of drug-likeness (QED) is 0.718. The average Bonchev–Trinajstić information content (AvgIpc) is 2.41. The van der Waals surface area contributed by atoms with E-state index in [2.05, 4.69) is 6.92 Å². The molecule has 0 aromatic carbocycles. The van der Waals surface area contributed by atoms with Crippen LogP contribution < -0.4 is 0 Å². The molecule has 1 fully saturated rings. The Labute approximate surface area is 147 Å². The zero-order valence-corrected chi connectivity index (χ0v) is 15.9.